The molecule has 0 aromatic heterocycles. The van der Waals surface area contributed by atoms with Crippen LogP contribution >= 0.6 is 0 Å². The molecular weight excluding hydrogens is 617 g/mol. The van der Waals surface area contributed by atoms with Crippen molar-refractivity contribution >= 4 is 34.1 Å². The molecule has 4 bridgehead atoms. The zero-order valence-electron chi connectivity index (χ0n) is 29.8. The van der Waals surface area contributed by atoms with Gasteiger partial charge in [-0.2, -0.15) is 0 Å². The Balaban J connectivity index is 1.09. The maximum atomic E-state index is 2.48. The second kappa shape index (κ2) is 11.7. The normalized spacial score (nSPS) is 23.5. The highest BCUT2D eigenvalue weighted by Crippen LogP contribution is 2.61. The van der Waals surface area contributed by atoms with E-state index in [4.69, 9.17) is 0 Å². The zero-order chi connectivity index (χ0) is 34.2. The van der Waals surface area contributed by atoms with Crippen LogP contribution in [0.4, 0.5) is 34.1 Å². The Kier molecular flexibility index (Phi) is 7.07. The number of rotatable bonds is 7. The SMILES string of the molecule is CC1(C)c2ccccc2-c2c(N(c3ccccc3)c3cccc(N(c4ccccc4)c4ccc(C56CC7CC(CC(C7)C5)C6)cc4)c3)cccc21. The fraction of sp³-hybridized carbons (Fsp3) is 0.265. The second-order valence-corrected chi connectivity index (χ2v) is 16.5. The van der Waals surface area contributed by atoms with Gasteiger partial charge in [0.15, 0.2) is 0 Å². The van der Waals surface area contributed by atoms with Crippen molar-refractivity contribution < 1.29 is 0 Å². The number of benzene rings is 6. The third-order valence-corrected chi connectivity index (χ3v) is 13.0. The van der Waals surface area contributed by atoms with E-state index in [1.54, 1.807) is 5.56 Å². The average Bonchev–Trinajstić information content (AvgIpc) is 3.39. The summed E-state index contributed by atoms with van der Waals surface area (Å²) in [5, 5.41) is 0. The predicted octanol–water partition coefficient (Wildman–Crippen LogP) is 13.4. The highest BCUT2D eigenvalue weighted by atomic mass is 15.2. The lowest BCUT2D eigenvalue weighted by Gasteiger charge is -2.57. The summed E-state index contributed by atoms with van der Waals surface area (Å²) in [5.41, 5.74) is 14.3. The van der Waals surface area contributed by atoms with E-state index < -0.39 is 0 Å². The highest BCUT2D eigenvalue weighted by molar-refractivity contribution is 5.95. The lowest BCUT2D eigenvalue weighted by atomic mass is 9.48. The molecule has 0 heterocycles. The molecule has 0 radical (unpaired) electrons. The van der Waals surface area contributed by atoms with Gasteiger partial charge in [-0.15, -0.1) is 0 Å². The molecule has 5 aliphatic carbocycles. The number of para-hydroxylation sites is 2. The minimum Gasteiger partial charge on any atom is -0.310 e. The van der Waals surface area contributed by atoms with E-state index in [9.17, 15) is 0 Å². The number of hydrogen-bond donors (Lipinski definition) is 0. The topological polar surface area (TPSA) is 6.48 Å². The molecule has 0 spiro atoms. The molecule has 0 N–H and O–H groups in total. The van der Waals surface area contributed by atoms with Gasteiger partial charge in [0.2, 0.25) is 0 Å². The first kappa shape index (κ1) is 30.7. The highest BCUT2D eigenvalue weighted by Gasteiger charge is 2.51. The Labute approximate surface area is 303 Å². The first-order valence-corrected chi connectivity index (χ1v) is 19.1. The van der Waals surface area contributed by atoms with E-state index in [0.29, 0.717) is 5.41 Å². The fourth-order valence-corrected chi connectivity index (χ4v) is 11.1. The van der Waals surface area contributed by atoms with Crippen LogP contribution in [0.2, 0.25) is 0 Å². The summed E-state index contributed by atoms with van der Waals surface area (Å²) in [6, 6.07) is 56.4. The van der Waals surface area contributed by atoms with Crippen molar-refractivity contribution in [1.29, 1.82) is 0 Å². The molecule has 0 unspecified atom stereocenters. The molecule has 0 saturated heterocycles. The largest absolute Gasteiger partial charge is 0.310 e. The molecule has 51 heavy (non-hydrogen) atoms. The van der Waals surface area contributed by atoms with Crippen molar-refractivity contribution in [3.05, 3.63) is 168 Å². The lowest BCUT2D eigenvalue weighted by Crippen LogP contribution is -2.48. The molecule has 4 saturated carbocycles. The molecule has 0 aliphatic heterocycles. The van der Waals surface area contributed by atoms with Crippen molar-refractivity contribution in [3.63, 3.8) is 0 Å². The molecule has 5 aliphatic rings. The van der Waals surface area contributed by atoms with Gasteiger partial charge in [-0.3, -0.25) is 0 Å². The van der Waals surface area contributed by atoms with Crippen LogP contribution in [0.1, 0.15) is 69.1 Å². The standard InChI is InChI=1S/C49H46N2/c1-48(2)44-20-10-9-19-43(44)47-45(48)21-12-22-46(47)51(39-15-7-4-8-16-39)42-18-11-17-41(30-42)50(38-13-5-3-6-14-38)40-25-23-37(24-26-40)49-31-34-27-35(32-49)29-36(28-34)33-49/h3-26,30,34-36H,27-29,31-33H2,1-2H3. The zero-order valence-corrected chi connectivity index (χ0v) is 29.8. The van der Waals surface area contributed by atoms with E-state index in [1.165, 1.54) is 77.8 Å². The molecule has 4 fully saturated rings. The van der Waals surface area contributed by atoms with E-state index in [-0.39, 0.29) is 5.41 Å². The summed E-state index contributed by atoms with van der Waals surface area (Å²) in [5.74, 6) is 2.83. The van der Waals surface area contributed by atoms with Crippen LogP contribution in [-0.4, -0.2) is 0 Å². The van der Waals surface area contributed by atoms with Crippen molar-refractivity contribution in [2.24, 2.45) is 17.8 Å². The van der Waals surface area contributed by atoms with Crippen LogP contribution in [-0.2, 0) is 10.8 Å². The van der Waals surface area contributed by atoms with Gasteiger partial charge >= 0.3 is 0 Å². The first-order valence-electron chi connectivity index (χ1n) is 19.1. The lowest BCUT2D eigenvalue weighted by molar-refractivity contribution is -0.00518. The number of anilines is 6. The summed E-state index contributed by atoms with van der Waals surface area (Å²) in [6.45, 7) is 4.72. The monoisotopic (exact) mass is 662 g/mol. The third-order valence-electron chi connectivity index (χ3n) is 13.0. The minimum absolute atomic E-state index is 0.0708. The van der Waals surface area contributed by atoms with Gasteiger partial charge in [0.05, 0.1) is 5.69 Å². The summed E-state index contributed by atoms with van der Waals surface area (Å²) >= 11 is 0. The summed E-state index contributed by atoms with van der Waals surface area (Å²) in [6.07, 6.45) is 8.61. The molecule has 252 valence electrons. The maximum Gasteiger partial charge on any atom is 0.0543 e. The van der Waals surface area contributed by atoms with Gasteiger partial charge < -0.3 is 9.80 Å². The molecule has 0 amide bonds. The van der Waals surface area contributed by atoms with Crippen LogP contribution in [0.3, 0.4) is 0 Å². The van der Waals surface area contributed by atoms with Crippen molar-refractivity contribution in [3.8, 4) is 11.1 Å². The molecule has 11 rings (SSSR count). The van der Waals surface area contributed by atoms with Crippen LogP contribution in [0.15, 0.2) is 152 Å². The molecule has 6 aromatic rings. The van der Waals surface area contributed by atoms with Crippen molar-refractivity contribution in [1.82, 2.24) is 0 Å². The predicted molar refractivity (Wildman–Crippen MR) is 213 cm³/mol. The molecule has 0 atom stereocenters. The average molecular weight is 663 g/mol. The minimum atomic E-state index is -0.0708. The number of fused-ring (bicyclic) bond motifs is 3. The van der Waals surface area contributed by atoms with Crippen LogP contribution in [0.5, 0.6) is 0 Å². The van der Waals surface area contributed by atoms with Gasteiger partial charge in [-0.25, -0.2) is 0 Å². The van der Waals surface area contributed by atoms with Gasteiger partial charge in [0, 0.05) is 39.4 Å². The Morgan fingerprint density at radius 3 is 1.59 bits per heavy atom. The maximum absolute atomic E-state index is 2.48. The Hall–Kier alpha value is -5.08. The van der Waals surface area contributed by atoms with Crippen molar-refractivity contribution in [2.45, 2.75) is 63.2 Å². The summed E-state index contributed by atoms with van der Waals surface area (Å²) in [4.78, 5) is 4.89. The van der Waals surface area contributed by atoms with Crippen LogP contribution in [0, 0.1) is 17.8 Å². The number of hydrogen-bond acceptors (Lipinski definition) is 2. The van der Waals surface area contributed by atoms with Crippen LogP contribution in [0.25, 0.3) is 11.1 Å². The van der Waals surface area contributed by atoms with Crippen LogP contribution < -0.4 is 9.80 Å². The number of nitrogens with zero attached hydrogens (tertiary/aromatic N) is 2. The molecular formula is C49H46N2. The van der Waals surface area contributed by atoms with E-state index in [2.05, 4.69) is 175 Å². The summed E-state index contributed by atoms with van der Waals surface area (Å²) in [7, 11) is 0. The van der Waals surface area contributed by atoms with Gasteiger partial charge in [-0.1, -0.05) is 105 Å². The summed E-state index contributed by atoms with van der Waals surface area (Å²) < 4.78 is 0. The molecule has 2 heteroatoms. The Morgan fingerprint density at radius 1 is 0.451 bits per heavy atom. The first-order chi connectivity index (χ1) is 25.0. The van der Waals surface area contributed by atoms with E-state index in [1.807, 2.05) is 0 Å². The Bertz CT molecular complexity index is 2180. The second-order valence-electron chi connectivity index (χ2n) is 16.5. The quantitative estimate of drug-likeness (QED) is 0.168. The molecule has 6 aromatic carbocycles. The van der Waals surface area contributed by atoms with Gasteiger partial charge in [0.1, 0.15) is 0 Å². The Morgan fingerprint density at radius 2 is 0.941 bits per heavy atom. The fourth-order valence-electron chi connectivity index (χ4n) is 11.1. The van der Waals surface area contributed by atoms with E-state index in [0.717, 1.165) is 34.8 Å². The molecule has 2 nitrogen and oxygen atoms in total. The smallest absolute Gasteiger partial charge is 0.0543 e. The van der Waals surface area contributed by atoms with Gasteiger partial charge in [-0.05, 0) is 145 Å². The van der Waals surface area contributed by atoms with Crippen molar-refractivity contribution in [2.75, 3.05) is 9.80 Å². The van der Waals surface area contributed by atoms with E-state index >= 15 is 0 Å². The third kappa shape index (κ3) is 4.98. The van der Waals surface area contributed by atoms with Gasteiger partial charge in [0.25, 0.3) is 0 Å².